The normalized spacial score (nSPS) is 13.2. The van der Waals surface area contributed by atoms with E-state index in [1.807, 2.05) is 6.07 Å². The molecule has 2 aromatic rings. The molecule has 1 aliphatic rings. The molecule has 3 rings (SSSR count). The molecule has 7 heteroatoms. The van der Waals surface area contributed by atoms with Gasteiger partial charge in [-0.15, -0.1) is 0 Å². The molecule has 2 aromatic carbocycles. The van der Waals surface area contributed by atoms with Crippen LogP contribution in [0.15, 0.2) is 52.3 Å². The maximum atomic E-state index is 13.2. The Hall–Kier alpha value is -2.25. The summed E-state index contributed by atoms with van der Waals surface area (Å²) in [5.41, 5.74) is 7.21. The topological polar surface area (TPSA) is 89.3 Å². The van der Waals surface area contributed by atoms with Gasteiger partial charge in [0.25, 0.3) is 0 Å². The maximum absolute atomic E-state index is 13.2. The number of carbonyl (C=O) groups is 1. The van der Waals surface area contributed by atoms with Crippen molar-refractivity contribution in [2.45, 2.75) is 35.5 Å². The Morgan fingerprint density at radius 3 is 2.31 bits per heavy atom. The van der Waals surface area contributed by atoms with Crippen LogP contribution < -0.4 is 11.1 Å². The Morgan fingerprint density at radius 2 is 1.73 bits per heavy atom. The van der Waals surface area contributed by atoms with Gasteiger partial charge >= 0.3 is 0 Å². The van der Waals surface area contributed by atoms with Gasteiger partial charge in [-0.05, 0) is 67.1 Å². The molecular weight excluding hydrogens is 355 g/mol. The van der Waals surface area contributed by atoms with E-state index in [-0.39, 0.29) is 22.2 Å². The van der Waals surface area contributed by atoms with Gasteiger partial charge in [0.05, 0.1) is 16.3 Å². The molecule has 0 radical (unpaired) electrons. The Bertz CT molecular complexity index is 876. The van der Waals surface area contributed by atoms with Crippen LogP contribution in [0.3, 0.4) is 0 Å². The fourth-order valence-corrected chi connectivity index (χ4v) is 4.09. The van der Waals surface area contributed by atoms with E-state index in [0.29, 0.717) is 0 Å². The molecule has 0 spiro atoms. The number of nitrogens with one attached hydrogen (secondary N) is 1. The zero-order chi connectivity index (χ0) is 19.2. The predicted octanol–water partition coefficient (Wildman–Crippen LogP) is 2.23. The molecule has 0 atom stereocenters. The lowest BCUT2D eigenvalue weighted by molar-refractivity contribution is -0.119. The van der Waals surface area contributed by atoms with Crippen molar-refractivity contribution in [1.29, 1.82) is 0 Å². The molecule has 0 fully saturated rings. The lowest BCUT2D eigenvalue weighted by Crippen LogP contribution is -2.26. The predicted molar refractivity (Wildman–Crippen MR) is 98.1 cm³/mol. The van der Waals surface area contributed by atoms with E-state index in [1.165, 1.54) is 23.8 Å². The second-order valence-electron chi connectivity index (χ2n) is 5.98. The summed E-state index contributed by atoms with van der Waals surface area (Å²) in [4.78, 5) is 10.2. The quantitative estimate of drug-likeness (QED) is 0.857. The first-order valence-corrected chi connectivity index (χ1v) is 9.90. The first-order valence-electron chi connectivity index (χ1n) is 8.41. The molecule has 0 heterocycles. The lowest BCUT2D eigenvalue weighted by atomic mass is 9.92. The van der Waals surface area contributed by atoms with Crippen LogP contribution >= 0.6 is 0 Å². The molecule has 0 bridgehead atoms. The third kappa shape index (κ3) is 4.89. The van der Waals surface area contributed by atoms with Gasteiger partial charge in [0, 0.05) is 7.05 Å². The Morgan fingerprint density at radius 1 is 1.08 bits per heavy atom. The zero-order valence-electron chi connectivity index (χ0n) is 14.7. The Kier molecular flexibility index (Phi) is 6.88. The van der Waals surface area contributed by atoms with E-state index in [1.54, 1.807) is 19.2 Å². The number of rotatable bonds is 3. The summed E-state index contributed by atoms with van der Waals surface area (Å²) in [6.07, 6.45) is 4.18. The van der Waals surface area contributed by atoms with E-state index in [4.69, 9.17) is 5.73 Å². The molecule has 26 heavy (non-hydrogen) atoms. The minimum Gasteiger partial charge on any atom is -0.358 e. The van der Waals surface area contributed by atoms with E-state index in [2.05, 4.69) is 5.32 Å². The molecule has 0 aromatic heterocycles. The van der Waals surface area contributed by atoms with Gasteiger partial charge in [0.1, 0.15) is 5.82 Å². The minimum atomic E-state index is -3.63. The summed E-state index contributed by atoms with van der Waals surface area (Å²) in [6, 6.07) is 10.4. The van der Waals surface area contributed by atoms with E-state index in [9.17, 15) is 17.6 Å². The summed E-state index contributed by atoms with van der Waals surface area (Å²) < 4.78 is 38.2. The minimum absolute atomic E-state index is 0.00765. The summed E-state index contributed by atoms with van der Waals surface area (Å²) in [5, 5.41) is 2.35. The molecule has 0 saturated heterocycles. The fourth-order valence-electron chi connectivity index (χ4n) is 2.75. The molecule has 0 saturated carbocycles. The second kappa shape index (κ2) is 8.91. The molecule has 5 nitrogen and oxygen atoms in total. The van der Waals surface area contributed by atoms with Gasteiger partial charge in [0.15, 0.2) is 0 Å². The fraction of sp³-hybridized carbons (Fsp3) is 0.316. The number of hydrogen-bond acceptors (Lipinski definition) is 4. The number of amides is 1. The zero-order valence-corrected chi connectivity index (χ0v) is 15.5. The number of hydrogen-bond donors (Lipinski definition) is 2. The largest absolute Gasteiger partial charge is 0.358 e. The van der Waals surface area contributed by atoms with Gasteiger partial charge in [-0.1, -0.05) is 12.1 Å². The Balaban J connectivity index is 0.000000352. The summed E-state index contributed by atoms with van der Waals surface area (Å²) in [7, 11) is -2.08. The number of halogens is 1. The van der Waals surface area contributed by atoms with Crippen molar-refractivity contribution >= 4 is 15.7 Å². The maximum Gasteiger partial charge on any atom is 0.233 e. The molecule has 0 unspecified atom stereocenters. The third-order valence-electron chi connectivity index (χ3n) is 4.20. The smallest absolute Gasteiger partial charge is 0.233 e. The highest BCUT2D eigenvalue weighted by molar-refractivity contribution is 7.91. The third-order valence-corrected chi connectivity index (χ3v) is 5.95. The highest BCUT2D eigenvalue weighted by Gasteiger charge is 2.20. The van der Waals surface area contributed by atoms with Gasteiger partial charge < -0.3 is 11.1 Å². The van der Waals surface area contributed by atoms with Crippen molar-refractivity contribution in [3.8, 4) is 0 Å². The standard InChI is InChI=1S/C16H15FO2S.C3H8N2O/c17-14-6-3-7-15(11-14)20(18,19)16-9-8-12-4-1-2-5-13(12)10-16;1-5-3(6)2-4/h3,6-11H,1-2,4-5H2;2,4H2,1H3,(H,5,6). The average molecular weight is 378 g/mol. The van der Waals surface area contributed by atoms with Gasteiger partial charge in [-0.3, -0.25) is 4.79 Å². The van der Waals surface area contributed by atoms with Crippen LogP contribution in [0.4, 0.5) is 4.39 Å². The van der Waals surface area contributed by atoms with Gasteiger partial charge in [-0.2, -0.15) is 0 Å². The van der Waals surface area contributed by atoms with Crippen molar-refractivity contribution < 1.29 is 17.6 Å². The number of likely N-dealkylation sites (N-methyl/N-ethyl adjacent to an activating group) is 1. The van der Waals surface area contributed by atoms with Crippen LogP contribution in [0.5, 0.6) is 0 Å². The van der Waals surface area contributed by atoms with Crippen molar-refractivity contribution in [2.75, 3.05) is 13.6 Å². The van der Waals surface area contributed by atoms with E-state index in [0.717, 1.165) is 37.3 Å². The van der Waals surface area contributed by atoms with E-state index < -0.39 is 15.7 Å². The number of carbonyl (C=O) groups excluding carboxylic acids is 1. The van der Waals surface area contributed by atoms with Crippen LogP contribution in [-0.4, -0.2) is 27.9 Å². The Labute approximate surface area is 153 Å². The average Bonchev–Trinajstić information content (AvgIpc) is 2.67. The first kappa shape index (κ1) is 20.1. The number of aryl methyl sites for hydroxylation is 2. The number of benzene rings is 2. The number of fused-ring (bicyclic) bond motifs is 1. The second-order valence-corrected chi connectivity index (χ2v) is 7.93. The molecule has 1 aliphatic carbocycles. The van der Waals surface area contributed by atoms with Crippen molar-refractivity contribution in [2.24, 2.45) is 5.73 Å². The van der Waals surface area contributed by atoms with Gasteiger partial charge in [0.2, 0.25) is 15.7 Å². The number of sulfone groups is 1. The summed E-state index contributed by atoms with van der Waals surface area (Å²) in [5.74, 6) is -0.668. The lowest BCUT2D eigenvalue weighted by Gasteiger charge is -2.16. The molecule has 3 N–H and O–H groups in total. The van der Waals surface area contributed by atoms with E-state index >= 15 is 0 Å². The van der Waals surface area contributed by atoms with Crippen LogP contribution in [0.1, 0.15) is 24.0 Å². The highest BCUT2D eigenvalue weighted by atomic mass is 32.2. The molecule has 140 valence electrons. The van der Waals surface area contributed by atoms with Gasteiger partial charge in [-0.25, -0.2) is 12.8 Å². The SMILES string of the molecule is CNC(=O)CN.O=S(=O)(c1cccc(F)c1)c1ccc2c(c1)CCCC2. The molecule has 1 amide bonds. The van der Waals surface area contributed by atoms with Crippen LogP contribution in [0, 0.1) is 5.82 Å². The molecular formula is C19H23FN2O3S. The summed E-state index contributed by atoms with van der Waals surface area (Å²) >= 11 is 0. The van der Waals surface area contributed by atoms with Crippen molar-refractivity contribution in [1.82, 2.24) is 5.32 Å². The highest BCUT2D eigenvalue weighted by Crippen LogP contribution is 2.27. The van der Waals surface area contributed by atoms with Crippen molar-refractivity contribution in [3.05, 3.63) is 59.4 Å². The summed E-state index contributed by atoms with van der Waals surface area (Å²) in [6.45, 7) is 0.0799. The number of nitrogens with two attached hydrogens (primary N) is 1. The van der Waals surface area contributed by atoms with Crippen LogP contribution in [-0.2, 0) is 27.5 Å². The molecule has 0 aliphatic heterocycles. The monoisotopic (exact) mass is 378 g/mol. The van der Waals surface area contributed by atoms with Crippen LogP contribution in [0.25, 0.3) is 0 Å². The van der Waals surface area contributed by atoms with Crippen molar-refractivity contribution in [3.63, 3.8) is 0 Å². The first-order chi connectivity index (χ1) is 12.4. The van der Waals surface area contributed by atoms with Crippen LogP contribution in [0.2, 0.25) is 0 Å².